The number of carboxylic acid groups (broad SMARTS) is 1. The SMILES string of the molecule is C[C@H]1CNCC[C@]1(F)c1cc(Cl)cnc1O[C@H]1C[C@@H](C(=O)OC(C)(C)C)N(c2nc(C(F)(F)CCCCC(F)(F)C(=O)O)nc3c2oc2ccccc23)C1. The monoisotopic (exact) mass is 781 g/mol. The lowest BCUT2D eigenvalue weighted by molar-refractivity contribution is -0.166. The van der Waals surface area contributed by atoms with Crippen molar-refractivity contribution < 1.29 is 50.5 Å². The standard InChI is InChI=1S/C37H41ClF5N5O6/c1-20-17-44-14-13-35(20,39)24-15-21(38)18-45-30(24)52-22-16-25(31(49)54-34(2,3)4)48(19-22)29-28-27(23-9-5-6-10-26(23)53-28)46-32(47-29)36(40,41)11-7-8-12-37(42,43)33(50)51/h5-6,9-10,15,18,20,22,25,44H,7-8,11-14,16-17,19H2,1-4H3,(H,50,51)/t20-,22-,25-,35+/m0/s1. The number of hydrogen-bond donors (Lipinski definition) is 2. The van der Waals surface area contributed by atoms with Crippen molar-refractivity contribution in [2.75, 3.05) is 24.5 Å². The van der Waals surface area contributed by atoms with Gasteiger partial charge >= 0.3 is 23.8 Å². The highest BCUT2D eigenvalue weighted by atomic mass is 35.5. The highest BCUT2D eigenvalue weighted by molar-refractivity contribution is 6.30. The van der Waals surface area contributed by atoms with Crippen LogP contribution in [0.15, 0.2) is 40.9 Å². The molecule has 2 N–H and O–H groups in total. The molecule has 292 valence electrons. The predicted molar refractivity (Wildman–Crippen MR) is 189 cm³/mol. The van der Waals surface area contributed by atoms with E-state index in [-0.39, 0.29) is 52.8 Å². The fourth-order valence-electron chi connectivity index (χ4n) is 6.93. The van der Waals surface area contributed by atoms with Crippen LogP contribution in [0.5, 0.6) is 5.88 Å². The van der Waals surface area contributed by atoms with E-state index in [9.17, 15) is 18.4 Å². The number of halogens is 6. The molecule has 17 heteroatoms. The summed E-state index contributed by atoms with van der Waals surface area (Å²) in [5.74, 6) is -12.5. The van der Waals surface area contributed by atoms with Gasteiger partial charge in [0.2, 0.25) is 11.7 Å². The Balaban J connectivity index is 1.39. The van der Waals surface area contributed by atoms with E-state index in [0.29, 0.717) is 24.1 Å². The predicted octanol–water partition coefficient (Wildman–Crippen LogP) is 7.96. The number of unbranched alkanes of at least 4 members (excludes halogenated alkanes) is 1. The molecule has 0 radical (unpaired) electrons. The number of pyridine rings is 1. The zero-order valence-corrected chi connectivity index (χ0v) is 30.9. The van der Waals surface area contributed by atoms with E-state index in [4.69, 9.17) is 30.6 Å². The van der Waals surface area contributed by atoms with Crippen LogP contribution in [-0.4, -0.2) is 75.3 Å². The lowest BCUT2D eigenvalue weighted by atomic mass is 9.79. The number of carbonyl (C=O) groups excluding carboxylic acids is 1. The Bertz CT molecular complexity index is 2040. The highest BCUT2D eigenvalue weighted by Gasteiger charge is 2.47. The van der Waals surface area contributed by atoms with Gasteiger partial charge in [0.05, 0.1) is 17.1 Å². The van der Waals surface area contributed by atoms with Crippen LogP contribution in [-0.2, 0) is 25.9 Å². The van der Waals surface area contributed by atoms with Crippen LogP contribution < -0.4 is 15.0 Å². The molecule has 2 aliphatic heterocycles. The molecule has 3 aromatic heterocycles. The maximum atomic E-state index is 16.7. The van der Waals surface area contributed by atoms with Crippen molar-refractivity contribution >= 4 is 51.4 Å². The number of ether oxygens (including phenoxy) is 2. The summed E-state index contributed by atoms with van der Waals surface area (Å²) >= 11 is 6.29. The third kappa shape index (κ3) is 8.04. The summed E-state index contributed by atoms with van der Waals surface area (Å²) in [5, 5.41) is 12.5. The molecule has 54 heavy (non-hydrogen) atoms. The van der Waals surface area contributed by atoms with Gasteiger partial charge in [-0.3, -0.25) is 0 Å². The van der Waals surface area contributed by atoms with E-state index < -0.39 is 84.6 Å². The number of carboxylic acids is 1. The molecule has 0 bridgehead atoms. The molecular weight excluding hydrogens is 741 g/mol. The van der Waals surface area contributed by atoms with Crippen LogP contribution in [0.1, 0.15) is 77.6 Å². The van der Waals surface area contributed by atoms with Gasteiger partial charge in [-0.2, -0.15) is 17.6 Å². The highest BCUT2D eigenvalue weighted by Crippen LogP contribution is 2.45. The summed E-state index contributed by atoms with van der Waals surface area (Å²) in [4.78, 5) is 38.9. The molecule has 0 amide bonds. The first-order valence-electron chi connectivity index (χ1n) is 17.7. The molecule has 6 rings (SSSR count). The zero-order chi connectivity index (χ0) is 39.2. The number of esters is 1. The number of aromatic nitrogens is 3. The summed E-state index contributed by atoms with van der Waals surface area (Å²) in [6.45, 7) is 7.49. The Labute approximate surface area is 312 Å². The van der Waals surface area contributed by atoms with Gasteiger partial charge in [0.15, 0.2) is 11.4 Å². The van der Waals surface area contributed by atoms with Crippen LogP contribution in [0.3, 0.4) is 0 Å². The number of piperidine rings is 1. The van der Waals surface area contributed by atoms with Gasteiger partial charge in [-0.1, -0.05) is 30.7 Å². The summed E-state index contributed by atoms with van der Waals surface area (Å²) in [6, 6.07) is 6.92. The van der Waals surface area contributed by atoms with Crippen molar-refractivity contribution in [2.24, 2.45) is 5.92 Å². The third-order valence-electron chi connectivity index (χ3n) is 9.73. The van der Waals surface area contributed by atoms with Crippen LogP contribution in [0.4, 0.5) is 27.8 Å². The number of aliphatic carboxylic acids is 1. The molecule has 1 aromatic carbocycles. The molecule has 11 nitrogen and oxygen atoms in total. The Kier molecular flexibility index (Phi) is 10.7. The van der Waals surface area contributed by atoms with Gasteiger partial charge in [-0.25, -0.2) is 28.9 Å². The number of fused-ring (bicyclic) bond motifs is 3. The van der Waals surface area contributed by atoms with Crippen LogP contribution >= 0.6 is 11.6 Å². The van der Waals surface area contributed by atoms with E-state index in [1.54, 1.807) is 52.0 Å². The normalized spacial score (nSPS) is 22.6. The van der Waals surface area contributed by atoms with Crippen molar-refractivity contribution in [1.29, 1.82) is 0 Å². The largest absolute Gasteiger partial charge is 0.477 e. The minimum atomic E-state index is -4.06. The number of nitrogens with one attached hydrogen (secondary N) is 1. The van der Waals surface area contributed by atoms with Gasteiger partial charge in [-0.15, -0.1) is 0 Å². The lowest BCUT2D eigenvalue weighted by Gasteiger charge is -2.37. The topological polar surface area (TPSA) is 140 Å². The Morgan fingerprint density at radius 2 is 1.85 bits per heavy atom. The zero-order valence-electron chi connectivity index (χ0n) is 30.1. The Morgan fingerprint density at radius 1 is 1.13 bits per heavy atom. The first-order valence-corrected chi connectivity index (χ1v) is 18.1. The van der Waals surface area contributed by atoms with E-state index in [0.717, 1.165) is 0 Å². The average molecular weight is 782 g/mol. The van der Waals surface area contributed by atoms with Gasteiger partial charge in [-0.05, 0) is 64.8 Å². The molecule has 0 saturated carbocycles. The first kappa shape index (κ1) is 39.4. The molecule has 0 aliphatic carbocycles. The lowest BCUT2D eigenvalue weighted by Crippen LogP contribution is -2.44. The summed E-state index contributed by atoms with van der Waals surface area (Å²) < 4.78 is 94.1. The molecule has 2 aliphatic rings. The van der Waals surface area contributed by atoms with E-state index >= 15 is 13.2 Å². The van der Waals surface area contributed by atoms with Gasteiger partial charge < -0.3 is 29.2 Å². The number of benzene rings is 1. The van der Waals surface area contributed by atoms with E-state index in [1.807, 2.05) is 0 Å². The van der Waals surface area contributed by atoms with E-state index in [2.05, 4.69) is 20.3 Å². The number of hydrogen-bond acceptors (Lipinski definition) is 10. The van der Waals surface area contributed by atoms with Gasteiger partial charge in [0, 0.05) is 43.3 Å². The molecular formula is C37H41ClF5N5O6. The number of nitrogens with zero attached hydrogens (tertiary/aromatic N) is 4. The molecule has 5 heterocycles. The van der Waals surface area contributed by atoms with Crippen molar-refractivity contribution in [2.45, 2.75) is 101 Å². The maximum absolute atomic E-state index is 16.7. The molecule has 4 aromatic rings. The second-order valence-corrected chi connectivity index (χ2v) is 15.4. The Morgan fingerprint density at radius 3 is 2.56 bits per heavy atom. The number of carbonyl (C=O) groups is 2. The molecule has 0 spiro atoms. The van der Waals surface area contributed by atoms with E-state index in [1.165, 1.54) is 17.2 Å². The summed E-state index contributed by atoms with van der Waals surface area (Å²) in [6.07, 6.45) is -2.47. The number of anilines is 1. The number of alkyl halides is 5. The van der Waals surface area contributed by atoms with Crippen molar-refractivity contribution in [3.63, 3.8) is 0 Å². The fourth-order valence-corrected chi connectivity index (χ4v) is 7.09. The van der Waals surface area contributed by atoms with Gasteiger partial charge in [0.1, 0.15) is 34.5 Å². The van der Waals surface area contributed by atoms with Crippen LogP contribution in [0, 0.1) is 5.92 Å². The fraction of sp³-hybridized carbons (Fsp3) is 0.541. The molecule has 0 unspecified atom stereocenters. The number of furan rings is 1. The maximum Gasteiger partial charge on any atom is 0.374 e. The van der Waals surface area contributed by atoms with Crippen molar-refractivity contribution in [3.8, 4) is 5.88 Å². The minimum absolute atomic E-state index is 0.00241. The van der Waals surface area contributed by atoms with Crippen molar-refractivity contribution in [3.05, 3.63) is 52.9 Å². The van der Waals surface area contributed by atoms with Crippen molar-refractivity contribution in [1.82, 2.24) is 20.3 Å². The second kappa shape index (κ2) is 14.7. The summed E-state index contributed by atoms with van der Waals surface area (Å²) in [5.41, 5.74) is -2.29. The molecule has 4 atom stereocenters. The smallest absolute Gasteiger partial charge is 0.374 e. The molecule has 2 saturated heterocycles. The molecule has 2 fully saturated rings. The van der Waals surface area contributed by atoms with Crippen LogP contribution in [0.2, 0.25) is 5.02 Å². The minimum Gasteiger partial charge on any atom is -0.477 e. The number of para-hydroxylation sites is 1. The third-order valence-corrected chi connectivity index (χ3v) is 9.93. The van der Waals surface area contributed by atoms with Gasteiger partial charge in [0.25, 0.3) is 0 Å². The second-order valence-electron chi connectivity index (χ2n) is 15.0. The first-order chi connectivity index (χ1) is 25.3. The number of rotatable bonds is 12. The average Bonchev–Trinajstić information content (AvgIpc) is 3.69. The van der Waals surface area contributed by atoms with Crippen LogP contribution in [0.25, 0.3) is 22.1 Å². The Hall–Kier alpha value is -4.31. The quantitative estimate of drug-likeness (QED) is 0.0822. The summed E-state index contributed by atoms with van der Waals surface area (Å²) in [7, 11) is 0.